The molecule has 3 heteroatoms. The zero-order valence-corrected chi connectivity index (χ0v) is 4.37. The third-order valence-electron chi connectivity index (χ3n) is 0.902. The molecule has 0 saturated carbocycles. The van der Waals surface area contributed by atoms with Gasteiger partial charge in [-0.1, -0.05) is 6.58 Å². The minimum atomic E-state index is -0.107. The summed E-state index contributed by atoms with van der Waals surface area (Å²) in [5, 5.41) is 0. The Bertz CT molecular complexity index is 151. The second-order valence-corrected chi connectivity index (χ2v) is 1.49. The van der Waals surface area contributed by atoms with E-state index in [0.29, 0.717) is 6.54 Å². The zero-order valence-electron chi connectivity index (χ0n) is 4.37. The molecule has 0 aromatic carbocycles. The average Bonchev–Trinajstić information content (AvgIpc) is 2.14. The quantitative estimate of drug-likeness (QED) is 0.476. The second kappa shape index (κ2) is 1.78. The maximum atomic E-state index is 10.3. The topological polar surface area (TPSA) is 32.7 Å². The molecule has 0 atom stereocenters. The van der Waals surface area contributed by atoms with Gasteiger partial charge in [-0.3, -0.25) is 4.79 Å². The highest BCUT2D eigenvalue weighted by Crippen LogP contribution is 1.92. The standard InChI is InChI=1S/C5H6N2O/c1-2-7-3-5(8)6-4-7/h2,4H,1,3H2. The van der Waals surface area contributed by atoms with Gasteiger partial charge in [0, 0.05) is 0 Å². The first-order chi connectivity index (χ1) is 3.83. The Morgan fingerprint density at radius 1 is 2.00 bits per heavy atom. The van der Waals surface area contributed by atoms with Crippen LogP contribution >= 0.6 is 0 Å². The molecule has 0 saturated heterocycles. The number of nitrogens with zero attached hydrogens (tertiary/aromatic N) is 2. The molecule has 0 aliphatic carbocycles. The molecule has 0 N–H and O–H groups in total. The van der Waals surface area contributed by atoms with Crippen LogP contribution in [0.3, 0.4) is 0 Å². The summed E-state index contributed by atoms with van der Waals surface area (Å²) >= 11 is 0. The van der Waals surface area contributed by atoms with E-state index in [1.807, 2.05) is 0 Å². The lowest BCUT2D eigenvalue weighted by atomic mass is 10.6. The van der Waals surface area contributed by atoms with Crippen molar-refractivity contribution in [2.24, 2.45) is 4.99 Å². The molecule has 8 heavy (non-hydrogen) atoms. The average molecular weight is 110 g/mol. The molecule has 0 fully saturated rings. The summed E-state index contributed by atoms with van der Waals surface area (Å²) in [5.74, 6) is -0.107. The van der Waals surface area contributed by atoms with Crippen LogP contribution in [0.15, 0.2) is 17.8 Å². The van der Waals surface area contributed by atoms with Gasteiger partial charge in [0.25, 0.3) is 5.91 Å². The van der Waals surface area contributed by atoms with Crippen molar-refractivity contribution in [1.29, 1.82) is 0 Å². The van der Waals surface area contributed by atoms with Gasteiger partial charge in [-0.15, -0.1) is 0 Å². The molecule has 0 aromatic heterocycles. The van der Waals surface area contributed by atoms with Crippen LogP contribution in [-0.4, -0.2) is 23.7 Å². The van der Waals surface area contributed by atoms with Crippen LogP contribution in [-0.2, 0) is 4.79 Å². The Balaban J connectivity index is 2.58. The fourth-order valence-electron chi connectivity index (χ4n) is 0.488. The fraction of sp³-hybridized carbons (Fsp3) is 0.200. The summed E-state index contributed by atoms with van der Waals surface area (Å²) in [5.41, 5.74) is 0. The van der Waals surface area contributed by atoms with Gasteiger partial charge in [0.15, 0.2) is 0 Å². The number of rotatable bonds is 1. The molecule has 1 rings (SSSR count). The highest BCUT2D eigenvalue weighted by molar-refractivity contribution is 5.92. The number of aliphatic imine (C=N–C) groups is 1. The highest BCUT2D eigenvalue weighted by atomic mass is 16.1. The zero-order chi connectivity index (χ0) is 5.98. The monoisotopic (exact) mass is 110 g/mol. The molecular weight excluding hydrogens is 104 g/mol. The van der Waals surface area contributed by atoms with E-state index >= 15 is 0 Å². The van der Waals surface area contributed by atoms with E-state index in [1.165, 1.54) is 6.34 Å². The fourth-order valence-corrected chi connectivity index (χ4v) is 0.488. The Morgan fingerprint density at radius 3 is 3.00 bits per heavy atom. The third-order valence-corrected chi connectivity index (χ3v) is 0.902. The van der Waals surface area contributed by atoms with Crippen LogP contribution in [0, 0.1) is 0 Å². The second-order valence-electron chi connectivity index (χ2n) is 1.49. The van der Waals surface area contributed by atoms with Gasteiger partial charge >= 0.3 is 0 Å². The summed E-state index contributed by atoms with van der Waals surface area (Å²) in [6, 6.07) is 0. The Hall–Kier alpha value is -1.12. The van der Waals surface area contributed by atoms with E-state index in [1.54, 1.807) is 11.1 Å². The number of carbonyl (C=O) groups excluding carboxylic acids is 1. The predicted molar refractivity (Wildman–Crippen MR) is 30.4 cm³/mol. The Labute approximate surface area is 47.3 Å². The van der Waals surface area contributed by atoms with Crippen molar-refractivity contribution < 1.29 is 4.79 Å². The molecule has 0 bridgehead atoms. The molecule has 42 valence electrons. The van der Waals surface area contributed by atoms with Gasteiger partial charge in [-0.2, -0.15) is 0 Å². The van der Waals surface area contributed by atoms with Crippen molar-refractivity contribution in [3.63, 3.8) is 0 Å². The minimum absolute atomic E-state index is 0.107. The lowest BCUT2D eigenvalue weighted by Gasteiger charge is -2.00. The van der Waals surface area contributed by atoms with Gasteiger partial charge < -0.3 is 4.90 Å². The molecule has 3 nitrogen and oxygen atoms in total. The number of amides is 1. The smallest absolute Gasteiger partial charge is 0.267 e. The van der Waals surface area contributed by atoms with Gasteiger partial charge in [0.1, 0.15) is 6.54 Å². The number of carbonyl (C=O) groups is 1. The van der Waals surface area contributed by atoms with Gasteiger partial charge in [-0.25, -0.2) is 4.99 Å². The third kappa shape index (κ3) is 0.753. The molecule has 0 spiro atoms. The van der Waals surface area contributed by atoms with Gasteiger partial charge in [0.2, 0.25) is 0 Å². The van der Waals surface area contributed by atoms with Crippen LogP contribution in [0.25, 0.3) is 0 Å². The maximum absolute atomic E-state index is 10.3. The molecule has 0 radical (unpaired) electrons. The molecule has 0 unspecified atom stereocenters. The Morgan fingerprint density at radius 2 is 2.75 bits per heavy atom. The van der Waals surface area contributed by atoms with E-state index < -0.39 is 0 Å². The molecule has 0 aromatic rings. The largest absolute Gasteiger partial charge is 0.330 e. The van der Waals surface area contributed by atoms with Crippen LogP contribution in [0.2, 0.25) is 0 Å². The van der Waals surface area contributed by atoms with Crippen molar-refractivity contribution in [2.45, 2.75) is 0 Å². The van der Waals surface area contributed by atoms with E-state index in [-0.39, 0.29) is 5.91 Å². The van der Waals surface area contributed by atoms with Crippen molar-refractivity contribution >= 4 is 12.2 Å². The number of hydrogen-bond acceptors (Lipinski definition) is 2. The first-order valence-electron chi connectivity index (χ1n) is 2.28. The predicted octanol–water partition coefficient (Wildman–Crippen LogP) is 0.000400. The van der Waals surface area contributed by atoms with E-state index in [0.717, 1.165) is 0 Å². The van der Waals surface area contributed by atoms with Crippen LogP contribution in [0.1, 0.15) is 0 Å². The summed E-state index contributed by atoms with van der Waals surface area (Å²) in [7, 11) is 0. The van der Waals surface area contributed by atoms with E-state index in [9.17, 15) is 4.79 Å². The van der Waals surface area contributed by atoms with Crippen LogP contribution in [0.4, 0.5) is 0 Å². The molecule has 1 aliphatic heterocycles. The van der Waals surface area contributed by atoms with Crippen molar-refractivity contribution in [2.75, 3.05) is 6.54 Å². The first-order valence-corrected chi connectivity index (χ1v) is 2.28. The first kappa shape index (κ1) is 5.03. The minimum Gasteiger partial charge on any atom is -0.330 e. The lowest BCUT2D eigenvalue weighted by molar-refractivity contribution is -0.116. The Kier molecular flexibility index (Phi) is 1.12. The molecular formula is C5H6N2O. The van der Waals surface area contributed by atoms with E-state index in [2.05, 4.69) is 11.6 Å². The van der Waals surface area contributed by atoms with Crippen molar-refractivity contribution in [1.82, 2.24) is 4.90 Å². The highest BCUT2D eigenvalue weighted by Gasteiger charge is 2.08. The SMILES string of the molecule is C=CN1C=NC(=O)C1. The van der Waals surface area contributed by atoms with Gasteiger partial charge in [0.05, 0.1) is 6.34 Å². The van der Waals surface area contributed by atoms with Crippen molar-refractivity contribution in [3.05, 3.63) is 12.8 Å². The van der Waals surface area contributed by atoms with Gasteiger partial charge in [-0.05, 0) is 6.20 Å². The van der Waals surface area contributed by atoms with Crippen LogP contribution in [0.5, 0.6) is 0 Å². The van der Waals surface area contributed by atoms with Crippen LogP contribution < -0.4 is 0 Å². The van der Waals surface area contributed by atoms with Crippen molar-refractivity contribution in [3.8, 4) is 0 Å². The summed E-state index contributed by atoms with van der Waals surface area (Å²) in [6.45, 7) is 3.81. The summed E-state index contributed by atoms with van der Waals surface area (Å²) in [6.07, 6.45) is 3.03. The summed E-state index contributed by atoms with van der Waals surface area (Å²) < 4.78 is 0. The van der Waals surface area contributed by atoms with E-state index in [4.69, 9.17) is 0 Å². The summed E-state index contributed by atoms with van der Waals surface area (Å²) in [4.78, 5) is 15.4. The molecule has 1 heterocycles. The normalized spacial score (nSPS) is 17.5. The maximum Gasteiger partial charge on any atom is 0.267 e. The molecule has 1 aliphatic rings. The number of hydrogen-bond donors (Lipinski definition) is 0. The molecule has 1 amide bonds. The lowest BCUT2D eigenvalue weighted by Crippen LogP contribution is -2.13.